The topological polar surface area (TPSA) is 243 Å². The molecule has 0 fully saturated rings. The number of carboxylic acid groups (broad SMARTS) is 1. The van der Waals surface area contributed by atoms with Gasteiger partial charge in [-0.3, -0.25) is 19.2 Å². The standard InChI is InChI=1S/C22H29N7O7/c1-11(19(32)29-17(22(35)36)6-12-2-4-14(30)5-3-12)27-21(34)16(8-18(24)31)28-20(33)15(23)7-13-9-25-10-26-13/h2-5,9-11,15-17,30H,6-8,23H2,1H3,(H2,24,31)(H,25,26)(H,27,34)(H,28,33)(H,29,32)(H,35,36). The summed E-state index contributed by atoms with van der Waals surface area (Å²) in [5.41, 5.74) is 12.2. The quantitative estimate of drug-likeness (QED) is 0.146. The first-order valence-corrected chi connectivity index (χ1v) is 10.9. The summed E-state index contributed by atoms with van der Waals surface area (Å²) in [5.74, 6) is -4.61. The van der Waals surface area contributed by atoms with Gasteiger partial charge in [0.05, 0.1) is 18.8 Å². The highest BCUT2D eigenvalue weighted by Crippen LogP contribution is 2.11. The third-order valence-corrected chi connectivity index (χ3v) is 5.11. The van der Waals surface area contributed by atoms with Gasteiger partial charge in [0.25, 0.3) is 0 Å². The molecule has 4 amide bonds. The number of phenolic OH excluding ortho intramolecular Hbond substituents is 1. The number of aromatic amines is 1. The van der Waals surface area contributed by atoms with Crippen LogP contribution >= 0.6 is 0 Å². The van der Waals surface area contributed by atoms with Crippen LogP contribution in [0.1, 0.15) is 24.6 Å². The number of nitrogens with zero attached hydrogens (tertiary/aromatic N) is 1. The van der Waals surface area contributed by atoms with Crippen LogP contribution in [0.15, 0.2) is 36.8 Å². The second-order valence-corrected chi connectivity index (χ2v) is 8.12. The van der Waals surface area contributed by atoms with Crippen LogP contribution in [0.5, 0.6) is 5.75 Å². The number of imidazole rings is 1. The Morgan fingerprint density at radius 3 is 2.17 bits per heavy atom. The summed E-state index contributed by atoms with van der Waals surface area (Å²) in [6.07, 6.45) is 2.35. The predicted octanol–water partition coefficient (Wildman–Crippen LogP) is -2.34. The molecule has 2 rings (SSSR count). The van der Waals surface area contributed by atoms with Crippen molar-refractivity contribution in [3.8, 4) is 5.75 Å². The van der Waals surface area contributed by atoms with E-state index in [1.54, 1.807) is 0 Å². The molecule has 4 atom stereocenters. The molecule has 1 aromatic heterocycles. The first kappa shape index (κ1) is 27.8. The number of nitrogens with one attached hydrogen (secondary N) is 4. The number of aromatic nitrogens is 2. The van der Waals surface area contributed by atoms with E-state index in [2.05, 4.69) is 25.9 Å². The first-order chi connectivity index (χ1) is 17.0. The maximum absolute atomic E-state index is 12.7. The molecular weight excluding hydrogens is 474 g/mol. The molecule has 2 aromatic rings. The zero-order chi connectivity index (χ0) is 26.8. The second kappa shape index (κ2) is 12.9. The molecule has 0 saturated heterocycles. The number of aliphatic carboxylic acids is 1. The van der Waals surface area contributed by atoms with E-state index in [9.17, 15) is 34.2 Å². The van der Waals surface area contributed by atoms with Gasteiger partial charge in [0.15, 0.2) is 0 Å². The van der Waals surface area contributed by atoms with Crippen LogP contribution in [0.25, 0.3) is 0 Å². The number of nitrogens with two attached hydrogens (primary N) is 2. The molecule has 194 valence electrons. The molecule has 0 radical (unpaired) electrons. The van der Waals surface area contributed by atoms with Crippen LogP contribution in [0.4, 0.5) is 0 Å². The van der Waals surface area contributed by atoms with E-state index in [0.29, 0.717) is 11.3 Å². The summed E-state index contributed by atoms with van der Waals surface area (Å²) in [5, 5.41) is 25.8. The Labute approximate surface area is 205 Å². The summed E-state index contributed by atoms with van der Waals surface area (Å²) in [6.45, 7) is 1.31. The number of carboxylic acids is 1. The number of amides is 4. The lowest BCUT2D eigenvalue weighted by molar-refractivity contribution is -0.142. The Morgan fingerprint density at radius 1 is 0.972 bits per heavy atom. The molecule has 0 bridgehead atoms. The SMILES string of the molecule is CC(NC(=O)C(CC(N)=O)NC(=O)C(N)Cc1cnc[nH]1)C(=O)NC(Cc1ccc(O)cc1)C(=O)O. The fourth-order valence-corrected chi connectivity index (χ4v) is 3.16. The van der Waals surface area contributed by atoms with Gasteiger partial charge in [-0.1, -0.05) is 12.1 Å². The molecule has 10 N–H and O–H groups in total. The van der Waals surface area contributed by atoms with Crippen LogP contribution in [0, 0.1) is 0 Å². The number of hydrogen-bond donors (Lipinski definition) is 8. The molecule has 14 nitrogen and oxygen atoms in total. The monoisotopic (exact) mass is 503 g/mol. The number of H-pyrrole nitrogens is 1. The van der Waals surface area contributed by atoms with E-state index in [4.69, 9.17) is 11.5 Å². The molecular formula is C22H29N7O7. The van der Waals surface area contributed by atoms with Crippen LogP contribution in [0.3, 0.4) is 0 Å². The Balaban J connectivity index is 1.98. The van der Waals surface area contributed by atoms with Crippen molar-refractivity contribution in [2.45, 2.75) is 50.4 Å². The highest BCUT2D eigenvalue weighted by Gasteiger charge is 2.29. The smallest absolute Gasteiger partial charge is 0.326 e. The Hall–Kier alpha value is -4.46. The first-order valence-electron chi connectivity index (χ1n) is 10.9. The van der Waals surface area contributed by atoms with E-state index in [1.807, 2.05) is 0 Å². The lowest BCUT2D eigenvalue weighted by Crippen LogP contribution is -2.57. The molecule has 1 heterocycles. The highest BCUT2D eigenvalue weighted by atomic mass is 16.4. The van der Waals surface area contributed by atoms with Crippen molar-refractivity contribution in [2.24, 2.45) is 11.5 Å². The van der Waals surface area contributed by atoms with Gasteiger partial charge in [-0.15, -0.1) is 0 Å². The summed E-state index contributed by atoms with van der Waals surface area (Å²) >= 11 is 0. The molecule has 4 unspecified atom stereocenters. The maximum atomic E-state index is 12.7. The largest absolute Gasteiger partial charge is 0.508 e. The van der Waals surface area contributed by atoms with E-state index >= 15 is 0 Å². The molecule has 0 aliphatic rings. The van der Waals surface area contributed by atoms with E-state index in [-0.39, 0.29) is 18.6 Å². The van der Waals surface area contributed by atoms with Gasteiger partial charge >= 0.3 is 5.97 Å². The van der Waals surface area contributed by atoms with Gasteiger partial charge in [0.1, 0.15) is 23.9 Å². The lowest BCUT2D eigenvalue weighted by Gasteiger charge is -2.23. The number of primary amides is 1. The van der Waals surface area contributed by atoms with Gasteiger partial charge in [0.2, 0.25) is 23.6 Å². The lowest BCUT2D eigenvalue weighted by atomic mass is 10.1. The molecule has 1 aromatic carbocycles. The van der Waals surface area contributed by atoms with Crippen molar-refractivity contribution in [2.75, 3.05) is 0 Å². The van der Waals surface area contributed by atoms with Gasteiger partial charge in [-0.2, -0.15) is 0 Å². The molecule has 0 aliphatic carbocycles. The number of rotatable bonds is 13. The second-order valence-electron chi connectivity index (χ2n) is 8.12. The van der Waals surface area contributed by atoms with Crippen molar-refractivity contribution in [1.29, 1.82) is 0 Å². The Kier molecular flexibility index (Phi) is 9.92. The number of benzene rings is 1. The van der Waals surface area contributed by atoms with Crippen molar-refractivity contribution in [1.82, 2.24) is 25.9 Å². The average Bonchev–Trinajstić information content (AvgIpc) is 3.31. The molecule has 0 saturated carbocycles. The molecule has 14 heteroatoms. The summed E-state index contributed by atoms with van der Waals surface area (Å²) in [4.78, 5) is 67.4. The number of hydrogen-bond acceptors (Lipinski definition) is 8. The van der Waals surface area contributed by atoms with Gasteiger partial charge in [-0.25, -0.2) is 9.78 Å². The fourth-order valence-electron chi connectivity index (χ4n) is 3.16. The van der Waals surface area contributed by atoms with Crippen molar-refractivity contribution >= 4 is 29.6 Å². The van der Waals surface area contributed by atoms with E-state index in [1.165, 1.54) is 43.7 Å². The van der Waals surface area contributed by atoms with Crippen LogP contribution in [-0.4, -0.2) is 73.9 Å². The Bertz CT molecular complexity index is 1070. The van der Waals surface area contributed by atoms with Crippen molar-refractivity contribution in [3.63, 3.8) is 0 Å². The van der Waals surface area contributed by atoms with E-state index < -0.39 is 60.2 Å². The Morgan fingerprint density at radius 2 is 1.61 bits per heavy atom. The van der Waals surface area contributed by atoms with Crippen LogP contribution in [0.2, 0.25) is 0 Å². The number of aromatic hydroxyl groups is 1. The highest BCUT2D eigenvalue weighted by molar-refractivity contribution is 5.96. The molecule has 0 spiro atoms. The van der Waals surface area contributed by atoms with E-state index in [0.717, 1.165) is 0 Å². The number of phenols is 1. The predicted molar refractivity (Wildman–Crippen MR) is 125 cm³/mol. The third kappa shape index (κ3) is 8.72. The number of carbonyl (C=O) groups excluding carboxylic acids is 4. The summed E-state index contributed by atoms with van der Waals surface area (Å²) < 4.78 is 0. The van der Waals surface area contributed by atoms with Gasteiger partial charge in [0, 0.05) is 24.7 Å². The van der Waals surface area contributed by atoms with Crippen LogP contribution < -0.4 is 27.4 Å². The minimum atomic E-state index is -1.41. The van der Waals surface area contributed by atoms with Gasteiger partial charge in [-0.05, 0) is 24.6 Å². The molecule has 0 aliphatic heterocycles. The van der Waals surface area contributed by atoms with Crippen LogP contribution in [-0.2, 0) is 36.8 Å². The minimum absolute atomic E-state index is 0.00543. The normalized spacial score (nSPS) is 14.1. The summed E-state index contributed by atoms with van der Waals surface area (Å²) in [6, 6.07) is 0.775. The minimum Gasteiger partial charge on any atom is -0.508 e. The molecule has 36 heavy (non-hydrogen) atoms. The van der Waals surface area contributed by atoms with Gasteiger partial charge < -0.3 is 42.6 Å². The zero-order valence-electron chi connectivity index (χ0n) is 19.4. The third-order valence-electron chi connectivity index (χ3n) is 5.11. The fraction of sp³-hybridized carbons (Fsp3) is 0.364. The number of carbonyl (C=O) groups is 5. The van der Waals surface area contributed by atoms with Crippen molar-refractivity contribution in [3.05, 3.63) is 48.0 Å². The van der Waals surface area contributed by atoms with Crippen molar-refractivity contribution < 1.29 is 34.2 Å². The average molecular weight is 504 g/mol. The zero-order valence-corrected chi connectivity index (χ0v) is 19.4. The summed E-state index contributed by atoms with van der Waals surface area (Å²) in [7, 11) is 0. The maximum Gasteiger partial charge on any atom is 0.326 e.